The third kappa shape index (κ3) is 7.65. The maximum absolute atomic E-state index is 13.4. The number of carbonyl (C=O) groups excluding carboxylic acids is 3. The number of benzene rings is 3. The van der Waals surface area contributed by atoms with E-state index in [9.17, 15) is 32.3 Å². The number of fused-ring (bicyclic) bond motifs is 3. The van der Waals surface area contributed by atoms with Gasteiger partial charge in [0.1, 0.15) is 25.3 Å². The number of carboxylic acid groups (broad SMARTS) is 1. The van der Waals surface area contributed by atoms with Gasteiger partial charge in [-0.25, -0.2) is 4.79 Å². The second-order valence-corrected chi connectivity index (χ2v) is 9.57. The predicted molar refractivity (Wildman–Crippen MR) is 143 cm³/mol. The molecule has 0 spiro atoms. The van der Waals surface area contributed by atoms with Crippen molar-refractivity contribution in [2.24, 2.45) is 0 Å². The van der Waals surface area contributed by atoms with Crippen LogP contribution in [0.25, 0.3) is 11.1 Å². The van der Waals surface area contributed by atoms with Crippen LogP contribution in [0.4, 0.5) is 18.0 Å². The highest BCUT2D eigenvalue weighted by molar-refractivity contribution is 5.90. The van der Waals surface area contributed by atoms with Gasteiger partial charge >= 0.3 is 24.2 Å². The Hall–Kier alpha value is -4.87. The molecule has 2 atom stereocenters. The van der Waals surface area contributed by atoms with E-state index in [1.165, 1.54) is 0 Å². The Morgan fingerprint density at radius 3 is 1.93 bits per heavy atom. The van der Waals surface area contributed by atoms with Gasteiger partial charge in [-0.15, -0.1) is 0 Å². The summed E-state index contributed by atoms with van der Waals surface area (Å²) >= 11 is 0. The summed E-state index contributed by atoms with van der Waals surface area (Å²) < 4.78 is 50.7. The lowest BCUT2D eigenvalue weighted by atomic mass is 9.98. The van der Waals surface area contributed by atoms with E-state index in [1.807, 2.05) is 48.5 Å². The predicted octanol–water partition coefficient (Wildman–Crippen LogP) is 4.55. The van der Waals surface area contributed by atoms with Gasteiger partial charge in [0, 0.05) is 5.92 Å². The van der Waals surface area contributed by atoms with Crippen LogP contribution in [-0.2, 0) is 30.5 Å². The molecule has 1 aliphatic carbocycles. The van der Waals surface area contributed by atoms with E-state index in [0.717, 1.165) is 22.3 Å². The molecule has 2 amide bonds. The second kappa shape index (κ2) is 13.2. The van der Waals surface area contributed by atoms with Gasteiger partial charge in [-0.3, -0.25) is 14.4 Å². The number of aliphatic carboxylic acids is 1. The van der Waals surface area contributed by atoms with Crippen LogP contribution < -0.4 is 10.6 Å². The first-order valence-electron chi connectivity index (χ1n) is 12.9. The van der Waals surface area contributed by atoms with Crippen LogP contribution >= 0.6 is 0 Å². The molecule has 0 fully saturated rings. The summed E-state index contributed by atoms with van der Waals surface area (Å²) in [5.74, 6) is -4.55. The first-order valence-corrected chi connectivity index (χ1v) is 12.9. The van der Waals surface area contributed by atoms with Crippen LogP contribution in [-0.4, -0.2) is 53.9 Å². The molecule has 0 radical (unpaired) electrons. The van der Waals surface area contributed by atoms with Crippen LogP contribution in [0.15, 0.2) is 78.9 Å². The average molecular weight is 585 g/mol. The molecule has 0 saturated carbocycles. The Balaban J connectivity index is 1.45. The molecule has 42 heavy (non-hydrogen) atoms. The van der Waals surface area contributed by atoms with Crippen molar-refractivity contribution in [3.63, 3.8) is 0 Å². The third-order valence-corrected chi connectivity index (χ3v) is 6.66. The van der Waals surface area contributed by atoms with Crippen LogP contribution in [0.2, 0.25) is 0 Å². The number of alkyl halides is 3. The normalized spacial score (nSPS) is 13.7. The number of halogens is 3. The molecule has 4 rings (SSSR count). The zero-order chi connectivity index (χ0) is 30.3. The van der Waals surface area contributed by atoms with Crippen molar-refractivity contribution in [1.29, 1.82) is 0 Å². The number of carboxylic acids is 1. The zero-order valence-corrected chi connectivity index (χ0v) is 22.1. The minimum atomic E-state index is -5.10. The van der Waals surface area contributed by atoms with E-state index >= 15 is 0 Å². The summed E-state index contributed by atoms with van der Waals surface area (Å²) in [7, 11) is 0. The van der Waals surface area contributed by atoms with Crippen molar-refractivity contribution in [3.05, 3.63) is 95.6 Å². The standard InChI is InChI=1S/C30H27F3N2O7/c31-30(32,33)25(15-26(36)37)35-28(39)24(14-27(38)41-16-18-8-2-1-3-9-18)34-29(40)42-17-23-21-12-6-4-10-19(21)20-11-5-7-13-22(20)23/h1-13,23-25H,14-17H2,(H,34,40)(H,35,39)(H,36,37)/t24-,25?/m0/s1. The summed E-state index contributed by atoms with van der Waals surface area (Å²) in [6.07, 6.45) is -8.54. The molecule has 3 N–H and O–H groups in total. The number of alkyl carbamates (subject to hydrolysis) is 1. The van der Waals surface area contributed by atoms with Crippen molar-refractivity contribution in [2.75, 3.05) is 6.61 Å². The van der Waals surface area contributed by atoms with Gasteiger partial charge in [0.25, 0.3) is 0 Å². The van der Waals surface area contributed by atoms with E-state index < -0.39 is 55.0 Å². The summed E-state index contributed by atoms with van der Waals surface area (Å²) in [6.45, 7) is -0.333. The lowest BCUT2D eigenvalue weighted by molar-refractivity contribution is -0.170. The monoisotopic (exact) mass is 584 g/mol. The molecule has 220 valence electrons. The number of carbonyl (C=O) groups is 4. The van der Waals surface area contributed by atoms with Gasteiger partial charge in [0.2, 0.25) is 5.91 Å². The summed E-state index contributed by atoms with van der Waals surface area (Å²) in [5.41, 5.74) is 4.38. The van der Waals surface area contributed by atoms with Gasteiger partial charge in [0.15, 0.2) is 0 Å². The first kappa shape index (κ1) is 30.1. The number of nitrogens with one attached hydrogen (secondary N) is 2. The molecule has 12 heteroatoms. The SMILES string of the molecule is O=C(O)CC(NC(=O)[C@H](CC(=O)OCc1ccccc1)NC(=O)OCC1c2ccccc2-c2ccccc21)C(F)(F)F. The van der Waals surface area contributed by atoms with Crippen LogP contribution in [0.1, 0.15) is 35.4 Å². The lowest BCUT2D eigenvalue weighted by Crippen LogP contribution is -2.54. The number of hydrogen-bond donors (Lipinski definition) is 3. The van der Waals surface area contributed by atoms with Gasteiger partial charge < -0.3 is 25.2 Å². The van der Waals surface area contributed by atoms with Crippen molar-refractivity contribution in [2.45, 2.75) is 43.6 Å². The fourth-order valence-corrected chi connectivity index (χ4v) is 4.65. The van der Waals surface area contributed by atoms with E-state index in [-0.39, 0.29) is 19.1 Å². The van der Waals surface area contributed by atoms with Crippen molar-refractivity contribution in [3.8, 4) is 11.1 Å². The molecular formula is C30H27F3N2O7. The minimum Gasteiger partial charge on any atom is -0.481 e. The van der Waals surface area contributed by atoms with E-state index in [4.69, 9.17) is 14.6 Å². The summed E-state index contributed by atoms with van der Waals surface area (Å²) in [4.78, 5) is 49.1. The number of ether oxygens (including phenoxy) is 2. The summed E-state index contributed by atoms with van der Waals surface area (Å²) in [6, 6.07) is 19.0. The Kier molecular flexibility index (Phi) is 9.46. The van der Waals surface area contributed by atoms with Crippen LogP contribution in [0, 0.1) is 0 Å². The lowest BCUT2D eigenvalue weighted by Gasteiger charge is -2.24. The van der Waals surface area contributed by atoms with Gasteiger partial charge in [-0.05, 0) is 27.8 Å². The molecule has 0 aliphatic heterocycles. The topological polar surface area (TPSA) is 131 Å². The largest absolute Gasteiger partial charge is 0.481 e. The highest BCUT2D eigenvalue weighted by Crippen LogP contribution is 2.44. The molecule has 0 heterocycles. The molecule has 3 aromatic carbocycles. The van der Waals surface area contributed by atoms with Crippen LogP contribution in [0.3, 0.4) is 0 Å². The van der Waals surface area contributed by atoms with E-state index in [2.05, 4.69) is 5.32 Å². The second-order valence-electron chi connectivity index (χ2n) is 9.57. The molecule has 0 saturated heterocycles. The Labute approximate surface area is 238 Å². The maximum Gasteiger partial charge on any atom is 0.409 e. The molecule has 0 aromatic heterocycles. The molecule has 3 aromatic rings. The summed E-state index contributed by atoms with van der Waals surface area (Å²) in [5, 5.41) is 12.6. The van der Waals surface area contributed by atoms with E-state index in [0.29, 0.717) is 5.56 Å². The zero-order valence-electron chi connectivity index (χ0n) is 22.1. The number of hydrogen-bond acceptors (Lipinski definition) is 6. The number of rotatable bonds is 11. The third-order valence-electron chi connectivity index (χ3n) is 6.66. The highest BCUT2D eigenvalue weighted by atomic mass is 19.4. The Morgan fingerprint density at radius 1 is 0.786 bits per heavy atom. The van der Waals surface area contributed by atoms with E-state index in [1.54, 1.807) is 35.6 Å². The quantitative estimate of drug-likeness (QED) is 0.282. The van der Waals surface area contributed by atoms with Crippen LogP contribution in [0.5, 0.6) is 0 Å². The Morgan fingerprint density at radius 2 is 1.36 bits per heavy atom. The Bertz CT molecular complexity index is 1400. The molecule has 1 aliphatic rings. The van der Waals surface area contributed by atoms with Crippen molar-refractivity contribution in [1.82, 2.24) is 10.6 Å². The van der Waals surface area contributed by atoms with Gasteiger partial charge in [-0.1, -0.05) is 78.9 Å². The smallest absolute Gasteiger partial charge is 0.409 e. The number of esters is 1. The molecule has 1 unspecified atom stereocenters. The molecule has 0 bridgehead atoms. The molecule has 9 nitrogen and oxygen atoms in total. The minimum absolute atomic E-state index is 0.156. The van der Waals surface area contributed by atoms with Crippen molar-refractivity contribution < 1.29 is 46.9 Å². The average Bonchev–Trinajstić information content (AvgIpc) is 3.27. The highest BCUT2D eigenvalue weighted by Gasteiger charge is 2.43. The van der Waals surface area contributed by atoms with Gasteiger partial charge in [-0.2, -0.15) is 13.2 Å². The van der Waals surface area contributed by atoms with Crippen molar-refractivity contribution >= 4 is 23.9 Å². The maximum atomic E-state index is 13.4. The fourth-order valence-electron chi connectivity index (χ4n) is 4.65. The first-order chi connectivity index (χ1) is 20.0. The van der Waals surface area contributed by atoms with Gasteiger partial charge in [0.05, 0.1) is 12.8 Å². The fraction of sp³-hybridized carbons (Fsp3) is 0.267. The number of amides is 2. The molecular weight excluding hydrogens is 557 g/mol.